The van der Waals surface area contributed by atoms with Crippen molar-refractivity contribution in [1.29, 1.82) is 0 Å². The van der Waals surface area contributed by atoms with Crippen molar-refractivity contribution in [3.8, 4) is 5.88 Å². The molecule has 0 fully saturated rings. The van der Waals surface area contributed by atoms with Crippen LogP contribution >= 0.6 is 0 Å². The van der Waals surface area contributed by atoms with Gasteiger partial charge < -0.3 is 10.1 Å². The zero-order valence-electron chi connectivity index (χ0n) is 11.8. The third-order valence-electron chi connectivity index (χ3n) is 2.87. The minimum Gasteiger partial charge on any atom is -0.385 e. The van der Waals surface area contributed by atoms with E-state index in [1.54, 1.807) is 18.5 Å². The summed E-state index contributed by atoms with van der Waals surface area (Å²) in [6.07, 6.45) is -1.10. The lowest BCUT2D eigenvalue weighted by molar-refractivity contribution is -0.277. The highest BCUT2D eigenvalue weighted by Crippen LogP contribution is 2.23. The van der Waals surface area contributed by atoms with Crippen LogP contribution in [-0.4, -0.2) is 22.2 Å². The van der Waals surface area contributed by atoms with Gasteiger partial charge in [0.15, 0.2) is 5.82 Å². The van der Waals surface area contributed by atoms with Crippen LogP contribution in [0.25, 0.3) is 0 Å². The summed E-state index contributed by atoms with van der Waals surface area (Å²) in [7, 11) is 0. The molecule has 0 saturated heterocycles. The Morgan fingerprint density at radius 1 is 1.35 bits per heavy atom. The number of hydrogen-bond acceptors (Lipinski definition) is 4. The summed E-state index contributed by atoms with van der Waals surface area (Å²) in [4.78, 5) is 19.0. The normalized spacial score (nSPS) is 11.2. The second-order valence-electron chi connectivity index (χ2n) is 4.54. The second kappa shape index (κ2) is 6.59. The highest BCUT2D eigenvalue weighted by Gasteiger charge is 2.33. The SMILES string of the molecule is Cc1ccncc1CNC(=O)c1cnc(OC(F)(F)F)c(F)c1. The lowest BCUT2D eigenvalue weighted by atomic mass is 10.1. The number of pyridine rings is 2. The molecule has 23 heavy (non-hydrogen) atoms. The van der Waals surface area contributed by atoms with E-state index in [-0.39, 0.29) is 12.1 Å². The van der Waals surface area contributed by atoms with E-state index in [0.717, 1.165) is 17.3 Å². The molecule has 0 aromatic carbocycles. The number of hydrogen-bond donors (Lipinski definition) is 1. The predicted molar refractivity (Wildman–Crippen MR) is 71.0 cm³/mol. The van der Waals surface area contributed by atoms with Crippen LogP contribution in [0.3, 0.4) is 0 Å². The van der Waals surface area contributed by atoms with Gasteiger partial charge in [-0.1, -0.05) is 0 Å². The van der Waals surface area contributed by atoms with Gasteiger partial charge in [-0.3, -0.25) is 9.78 Å². The molecule has 0 bridgehead atoms. The van der Waals surface area contributed by atoms with Crippen LogP contribution in [0, 0.1) is 12.7 Å². The number of aryl methyl sites for hydroxylation is 1. The first-order valence-electron chi connectivity index (χ1n) is 6.35. The van der Waals surface area contributed by atoms with Crippen molar-refractivity contribution in [3.05, 3.63) is 53.2 Å². The quantitative estimate of drug-likeness (QED) is 0.876. The van der Waals surface area contributed by atoms with Crippen molar-refractivity contribution >= 4 is 5.91 Å². The molecule has 1 N–H and O–H groups in total. The van der Waals surface area contributed by atoms with Gasteiger partial charge in [-0.15, -0.1) is 13.2 Å². The molecule has 0 aliphatic carbocycles. The van der Waals surface area contributed by atoms with E-state index in [1.807, 2.05) is 6.92 Å². The Morgan fingerprint density at radius 2 is 2.09 bits per heavy atom. The molecule has 0 saturated carbocycles. The smallest absolute Gasteiger partial charge is 0.385 e. The minimum atomic E-state index is -5.06. The maximum Gasteiger partial charge on any atom is 0.574 e. The summed E-state index contributed by atoms with van der Waals surface area (Å²) in [5.41, 5.74) is 1.43. The summed E-state index contributed by atoms with van der Waals surface area (Å²) in [6, 6.07) is 2.38. The molecular formula is C14H11F4N3O2. The molecule has 2 aromatic heterocycles. The molecule has 2 heterocycles. The Bertz CT molecular complexity index is 719. The van der Waals surface area contributed by atoms with Crippen molar-refractivity contribution in [2.24, 2.45) is 0 Å². The Balaban J connectivity index is 2.05. The number of nitrogens with one attached hydrogen (secondary N) is 1. The standard InChI is InChI=1S/C14H11F4N3O2/c1-8-2-3-19-5-10(8)7-20-12(22)9-4-11(15)13(21-6-9)23-14(16,17)18/h2-6H,7H2,1H3,(H,20,22). The third kappa shape index (κ3) is 4.63. The number of aromatic nitrogens is 2. The third-order valence-corrected chi connectivity index (χ3v) is 2.87. The summed E-state index contributed by atoms with van der Waals surface area (Å²) in [6.45, 7) is 1.97. The van der Waals surface area contributed by atoms with Crippen molar-refractivity contribution in [3.63, 3.8) is 0 Å². The molecule has 122 valence electrons. The van der Waals surface area contributed by atoms with Crippen LogP contribution in [0.5, 0.6) is 5.88 Å². The Hall–Kier alpha value is -2.71. The molecule has 0 atom stereocenters. The average molecular weight is 329 g/mol. The number of alkyl halides is 3. The lowest BCUT2D eigenvalue weighted by Gasteiger charge is -2.10. The number of amides is 1. The van der Waals surface area contributed by atoms with E-state index in [1.165, 1.54) is 0 Å². The van der Waals surface area contributed by atoms with E-state index in [0.29, 0.717) is 6.07 Å². The van der Waals surface area contributed by atoms with Crippen molar-refractivity contribution in [2.45, 2.75) is 19.8 Å². The van der Waals surface area contributed by atoms with E-state index in [2.05, 4.69) is 20.0 Å². The van der Waals surface area contributed by atoms with Gasteiger partial charge in [0.25, 0.3) is 11.8 Å². The molecule has 0 radical (unpaired) electrons. The van der Waals surface area contributed by atoms with Crippen LogP contribution in [-0.2, 0) is 6.54 Å². The van der Waals surface area contributed by atoms with Crippen molar-refractivity contribution in [1.82, 2.24) is 15.3 Å². The van der Waals surface area contributed by atoms with Crippen LogP contribution in [0.2, 0.25) is 0 Å². The van der Waals surface area contributed by atoms with Gasteiger partial charge >= 0.3 is 6.36 Å². The minimum absolute atomic E-state index is 0.140. The molecule has 0 unspecified atom stereocenters. The summed E-state index contributed by atoms with van der Waals surface area (Å²) < 4.78 is 52.9. The fourth-order valence-corrected chi connectivity index (χ4v) is 1.69. The monoisotopic (exact) mass is 329 g/mol. The number of carbonyl (C=O) groups is 1. The van der Waals surface area contributed by atoms with Gasteiger partial charge in [0.2, 0.25) is 0 Å². The van der Waals surface area contributed by atoms with Gasteiger partial charge in [-0.25, -0.2) is 9.37 Å². The maximum absolute atomic E-state index is 13.5. The van der Waals surface area contributed by atoms with Crippen LogP contribution < -0.4 is 10.1 Å². The molecule has 0 aliphatic rings. The van der Waals surface area contributed by atoms with Crippen LogP contribution in [0.15, 0.2) is 30.7 Å². The highest BCUT2D eigenvalue weighted by atomic mass is 19.4. The van der Waals surface area contributed by atoms with E-state index >= 15 is 0 Å². The molecule has 0 aliphatic heterocycles. The van der Waals surface area contributed by atoms with Crippen LogP contribution in [0.1, 0.15) is 21.5 Å². The zero-order valence-corrected chi connectivity index (χ0v) is 11.8. The molecule has 1 amide bonds. The number of ether oxygens (including phenoxy) is 1. The molecule has 5 nitrogen and oxygen atoms in total. The van der Waals surface area contributed by atoms with Gasteiger partial charge in [-0.2, -0.15) is 0 Å². The van der Waals surface area contributed by atoms with E-state index in [4.69, 9.17) is 0 Å². The first-order chi connectivity index (χ1) is 10.8. The van der Waals surface area contributed by atoms with Gasteiger partial charge in [-0.05, 0) is 30.2 Å². The number of carbonyl (C=O) groups excluding carboxylic acids is 1. The van der Waals surface area contributed by atoms with E-state index in [9.17, 15) is 22.4 Å². The van der Waals surface area contributed by atoms with E-state index < -0.39 is 24.0 Å². The summed E-state index contributed by atoms with van der Waals surface area (Å²) >= 11 is 0. The van der Waals surface area contributed by atoms with Gasteiger partial charge in [0, 0.05) is 25.1 Å². The largest absolute Gasteiger partial charge is 0.574 e. The van der Waals surface area contributed by atoms with Crippen molar-refractivity contribution < 1.29 is 27.1 Å². The second-order valence-corrected chi connectivity index (χ2v) is 4.54. The average Bonchev–Trinajstić information content (AvgIpc) is 2.47. The number of nitrogens with zero attached hydrogens (tertiary/aromatic N) is 2. The van der Waals surface area contributed by atoms with Gasteiger partial charge in [0.1, 0.15) is 0 Å². The fraction of sp³-hybridized carbons (Fsp3) is 0.214. The molecule has 9 heteroatoms. The highest BCUT2D eigenvalue weighted by molar-refractivity contribution is 5.93. The fourth-order valence-electron chi connectivity index (χ4n) is 1.69. The first-order valence-corrected chi connectivity index (χ1v) is 6.35. The Morgan fingerprint density at radius 3 is 2.70 bits per heavy atom. The summed E-state index contributed by atoms with van der Waals surface area (Å²) in [5.74, 6) is -3.30. The Labute approximate surface area is 128 Å². The van der Waals surface area contributed by atoms with Crippen LogP contribution in [0.4, 0.5) is 17.6 Å². The lowest BCUT2D eigenvalue weighted by Crippen LogP contribution is -2.24. The molecule has 2 aromatic rings. The maximum atomic E-state index is 13.5. The topological polar surface area (TPSA) is 64.1 Å². The first kappa shape index (κ1) is 16.7. The Kier molecular flexibility index (Phi) is 4.77. The molecule has 2 rings (SSSR count). The molecule has 0 spiro atoms. The van der Waals surface area contributed by atoms with Crippen molar-refractivity contribution in [2.75, 3.05) is 0 Å². The predicted octanol–water partition coefficient (Wildman–Crippen LogP) is 2.75. The summed E-state index contributed by atoms with van der Waals surface area (Å²) in [5, 5.41) is 2.50. The number of halogens is 4. The molecular weight excluding hydrogens is 318 g/mol. The number of rotatable bonds is 4. The van der Waals surface area contributed by atoms with Gasteiger partial charge in [0.05, 0.1) is 5.56 Å². The zero-order chi connectivity index (χ0) is 17.0.